The lowest BCUT2D eigenvalue weighted by molar-refractivity contribution is -0.0515. The minimum absolute atomic E-state index is 0.0417. The number of rotatable bonds is 12. The van der Waals surface area contributed by atoms with E-state index in [0.29, 0.717) is 29.5 Å². The molecule has 0 saturated heterocycles. The molecule has 0 radical (unpaired) electrons. The Morgan fingerprint density at radius 1 is 1.22 bits per heavy atom. The number of benzene rings is 2. The average molecular weight is 520 g/mol. The van der Waals surface area contributed by atoms with Crippen molar-refractivity contribution < 1.29 is 36.6 Å². The van der Waals surface area contributed by atoms with E-state index in [-0.39, 0.29) is 41.9 Å². The maximum atomic E-state index is 14.1. The van der Waals surface area contributed by atoms with Crippen LogP contribution < -0.4 is 25.3 Å². The molecule has 1 aromatic heterocycles. The summed E-state index contributed by atoms with van der Waals surface area (Å²) in [6.45, 7) is 0.904. The van der Waals surface area contributed by atoms with Gasteiger partial charge in [0, 0.05) is 5.56 Å². The van der Waals surface area contributed by atoms with E-state index in [1.807, 2.05) is 0 Å². The second kappa shape index (κ2) is 11.5. The highest BCUT2D eigenvalue weighted by molar-refractivity contribution is 5.96. The van der Waals surface area contributed by atoms with Crippen molar-refractivity contribution in [2.75, 3.05) is 13.2 Å². The van der Waals surface area contributed by atoms with E-state index in [9.17, 15) is 18.0 Å². The van der Waals surface area contributed by atoms with Crippen LogP contribution in [0.3, 0.4) is 0 Å². The van der Waals surface area contributed by atoms with Crippen LogP contribution in [0, 0.1) is 11.7 Å². The Bertz CT molecular complexity index is 1240. The number of oxazole rings is 1. The summed E-state index contributed by atoms with van der Waals surface area (Å²) in [5, 5.41) is 2.69. The van der Waals surface area contributed by atoms with Crippen molar-refractivity contribution in [2.45, 2.75) is 45.9 Å². The van der Waals surface area contributed by atoms with Gasteiger partial charge < -0.3 is 29.7 Å². The van der Waals surface area contributed by atoms with E-state index in [1.54, 1.807) is 13.8 Å². The zero-order chi connectivity index (χ0) is 26.5. The van der Waals surface area contributed by atoms with Gasteiger partial charge in [-0.15, -0.1) is 0 Å². The van der Waals surface area contributed by atoms with Crippen LogP contribution >= 0.6 is 0 Å². The van der Waals surface area contributed by atoms with Crippen LogP contribution in [-0.2, 0) is 6.54 Å². The molecule has 0 aliphatic heterocycles. The lowest BCUT2D eigenvalue weighted by Crippen LogP contribution is -2.25. The predicted molar refractivity (Wildman–Crippen MR) is 128 cm³/mol. The van der Waals surface area contributed by atoms with Crippen LogP contribution in [0.1, 0.15) is 54.5 Å². The van der Waals surface area contributed by atoms with Gasteiger partial charge in [0.05, 0.1) is 31.4 Å². The van der Waals surface area contributed by atoms with Crippen LogP contribution in [0.15, 0.2) is 40.8 Å². The third-order valence-electron chi connectivity index (χ3n) is 5.64. The Morgan fingerprint density at radius 2 is 2.00 bits per heavy atom. The lowest BCUT2D eigenvalue weighted by atomic mass is 10.1. The molecule has 1 atom stereocenters. The second-order valence-electron chi connectivity index (χ2n) is 8.65. The Morgan fingerprint density at radius 3 is 2.68 bits per heavy atom. The van der Waals surface area contributed by atoms with E-state index in [4.69, 9.17) is 19.6 Å². The Kier molecular flexibility index (Phi) is 8.22. The minimum atomic E-state index is -3.00. The van der Waals surface area contributed by atoms with Crippen molar-refractivity contribution in [3.63, 3.8) is 0 Å². The summed E-state index contributed by atoms with van der Waals surface area (Å²) in [6, 6.07) is 7.91. The number of carbonyl (C=O) groups excluding carboxylic acids is 1. The maximum Gasteiger partial charge on any atom is 0.387 e. The van der Waals surface area contributed by atoms with Crippen molar-refractivity contribution in [3.8, 4) is 28.7 Å². The van der Waals surface area contributed by atoms with Crippen LogP contribution in [0.5, 0.6) is 17.2 Å². The Labute approximate surface area is 211 Å². The number of alkyl halides is 2. The lowest BCUT2D eigenvalue weighted by Gasteiger charge is -2.12. The number of aromatic nitrogens is 1. The molecule has 37 heavy (non-hydrogen) atoms. The highest BCUT2D eigenvalue weighted by Gasteiger charge is 2.25. The molecule has 2 aromatic carbocycles. The van der Waals surface area contributed by atoms with Crippen molar-refractivity contribution in [2.24, 2.45) is 11.7 Å². The van der Waals surface area contributed by atoms with Gasteiger partial charge in [0.15, 0.2) is 23.1 Å². The fourth-order valence-electron chi connectivity index (χ4n) is 3.65. The number of hydrogen-bond donors (Lipinski definition) is 2. The molecule has 1 unspecified atom stereocenters. The van der Waals surface area contributed by atoms with Crippen molar-refractivity contribution >= 4 is 5.91 Å². The van der Waals surface area contributed by atoms with E-state index in [0.717, 1.165) is 12.8 Å². The van der Waals surface area contributed by atoms with Crippen LogP contribution in [0.25, 0.3) is 11.5 Å². The molecule has 1 amide bonds. The highest BCUT2D eigenvalue weighted by atomic mass is 19.3. The normalized spacial score (nSPS) is 13.9. The zero-order valence-electron chi connectivity index (χ0n) is 20.4. The summed E-state index contributed by atoms with van der Waals surface area (Å²) in [4.78, 5) is 17.3. The molecule has 0 bridgehead atoms. The summed E-state index contributed by atoms with van der Waals surface area (Å²) in [5.41, 5.74) is 6.92. The predicted octanol–water partition coefficient (Wildman–Crippen LogP) is 5.22. The Balaban J connectivity index is 1.56. The Hall–Kier alpha value is -3.73. The van der Waals surface area contributed by atoms with Gasteiger partial charge in [-0.1, -0.05) is 6.07 Å². The summed E-state index contributed by atoms with van der Waals surface area (Å²) >= 11 is 0. The maximum absolute atomic E-state index is 14.1. The number of amides is 1. The molecular weight excluding hydrogens is 491 g/mol. The van der Waals surface area contributed by atoms with Crippen LogP contribution in [-0.4, -0.2) is 30.7 Å². The number of ether oxygens (including phenoxy) is 3. The number of nitrogens with zero attached hydrogens (tertiary/aromatic N) is 1. The zero-order valence-corrected chi connectivity index (χ0v) is 20.4. The first-order valence-electron chi connectivity index (χ1n) is 11.9. The largest absolute Gasteiger partial charge is 0.490 e. The monoisotopic (exact) mass is 519 g/mol. The molecular formula is C26H28F3N3O5. The number of hydrogen-bond acceptors (Lipinski definition) is 7. The van der Waals surface area contributed by atoms with Gasteiger partial charge in [-0.25, -0.2) is 9.37 Å². The highest BCUT2D eigenvalue weighted by Crippen LogP contribution is 2.37. The first-order chi connectivity index (χ1) is 17.8. The van der Waals surface area contributed by atoms with Crippen molar-refractivity contribution in [1.29, 1.82) is 0 Å². The number of nitrogens with one attached hydrogen (secondary N) is 1. The molecule has 1 aliphatic carbocycles. The van der Waals surface area contributed by atoms with Gasteiger partial charge >= 0.3 is 6.61 Å². The number of carbonyl (C=O) groups is 1. The quantitative estimate of drug-likeness (QED) is 0.338. The van der Waals surface area contributed by atoms with Crippen LogP contribution in [0.4, 0.5) is 13.2 Å². The number of nitrogens with two attached hydrogens (primary N) is 1. The topological polar surface area (TPSA) is 109 Å². The van der Waals surface area contributed by atoms with E-state index in [1.165, 1.54) is 36.4 Å². The third kappa shape index (κ3) is 6.53. The molecule has 0 spiro atoms. The van der Waals surface area contributed by atoms with Gasteiger partial charge in [0.2, 0.25) is 5.89 Å². The van der Waals surface area contributed by atoms with E-state index >= 15 is 0 Å². The smallest absolute Gasteiger partial charge is 0.387 e. The summed E-state index contributed by atoms with van der Waals surface area (Å²) < 4.78 is 61.3. The summed E-state index contributed by atoms with van der Waals surface area (Å²) in [7, 11) is 0. The average Bonchev–Trinajstić information content (AvgIpc) is 3.59. The van der Waals surface area contributed by atoms with Crippen molar-refractivity contribution in [1.82, 2.24) is 10.3 Å². The van der Waals surface area contributed by atoms with E-state index in [2.05, 4.69) is 15.0 Å². The molecule has 198 valence electrons. The van der Waals surface area contributed by atoms with Crippen LogP contribution in [0.2, 0.25) is 0 Å². The minimum Gasteiger partial charge on any atom is -0.490 e. The fourth-order valence-corrected chi connectivity index (χ4v) is 3.65. The molecule has 1 saturated carbocycles. The molecule has 11 heteroatoms. The van der Waals surface area contributed by atoms with E-state index < -0.39 is 24.4 Å². The van der Waals surface area contributed by atoms with Gasteiger partial charge in [0.1, 0.15) is 11.5 Å². The molecule has 4 rings (SSSR count). The summed E-state index contributed by atoms with van der Waals surface area (Å²) in [5.74, 6) is -0.404. The number of halogens is 3. The second-order valence-corrected chi connectivity index (χ2v) is 8.65. The molecule has 3 aromatic rings. The van der Waals surface area contributed by atoms with Gasteiger partial charge in [-0.05, 0) is 62.9 Å². The van der Waals surface area contributed by atoms with Gasteiger partial charge in [-0.2, -0.15) is 8.78 Å². The number of para-hydroxylation sites is 1. The molecule has 1 heterocycles. The molecule has 8 nitrogen and oxygen atoms in total. The van der Waals surface area contributed by atoms with Gasteiger partial charge in [0.25, 0.3) is 5.91 Å². The molecule has 1 aliphatic rings. The first kappa shape index (κ1) is 26.3. The fraction of sp³-hybridized carbons (Fsp3) is 0.385. The van der Waals surface area contributed by atoms with Gasteiger partial charge in [-0.3, -0.25) is 4.79 Å². The summed E-state index contributed by atoms with van der Waals surface area (Å²) in [6.07, 6.45) is 2.05. The first-order valence-corrected chi connectivity index (χ1v) is 11.9. The third-order valence-corrected chi connectivity index (χ3v) is 5.64. The molecule has 1 fully saturated rings. The standard InChI is InChI=1S/C26H28F3N3O5/c1-3-34-23-17(5-4-6-18(23)27)24(33)31-12-19-22(14(2)30)37-25(32-19)16-9-10-20(36-26(28)29)21(11-16)35-13-15-7-8-15/h4-6,9-11,14-15,26H,3,7-8,12-13,30H2,1-2H3,(H,31,33). The SMILES string of the molecule is CCOc1c(F)cccc1C(=O)NCc1nc(-c2ccc(OC(F)F)c(OCC3CC3)c2)oc1C(C)N. The molecule has 3 N–H and O–H groups in total. The van der Waals surface area contributed by atoms with Crippen molar-refractivity contribution in [3.05, 3.63) is 59.2 Å².